The molecular weight excluding hydrogens is 326 g/mol. The van der Waals surface area contributed by atoms with E-state index < -0.39 is 17.2 Å². The molecule has 2 aliphatic heterocycles. The van der Waals surface area contributed by atoms with Gasteiger partial charge in [0.1, 0.15) is 0 Å². The molecule has 0 aliphatic carbocycles. The van der Waals surface area contributed by atoms with Crippen LogP contribution in [0.5, 0.6) is 0 Å². The highest BCUT2D eigenvalue weighted by atomic mass is 19.2. The van der Waals surface area contributed by atoms with Crippen LogP contribution in [0.2, 0.25) is 0 Å². The van der Waals surface area contributed by atoms with Gasteiger partial charge >= 0.3 is 0 Å². The molecule has 1 amide bonds. The SMILES string of the molecule is CC(C)N1CCCCC2(CN(Cc3cccc(F)c3F)CCO2)C1=O. The maximum Gasteiger partial charge on any atom is 0.256 e. The fourth-order valence-electron chi connectivity index (χ4n) is 3.84. The van der Waals surface area contributed by atoms with E-state index in [0.29, 0.717) is 31.7 Å². The van der Waals surface area contributed by atoms with Gasteiger partial charge in [-0.15, -0.1) is 0 Å². The lowest BCUT2D eigenvalue weighted by atomic mass is 9.93. The molecule has 0 bridgehead atoms. The smallest absolute Gasteiger partial charge is 0.256 e. The Balaban J connectivity index is 1.79. The zero-order valence-corrected chi connectivity index (χ0v) is 14.9. The summed E-state index contributed by atoms with van der Waals surface area (Å²) in [7, 11) is 0. The Morgan fingerprint density at radius 2 is 2.04 bits per heavy atom. The molecule has 4 nitrogen and oxygen atoms in total. The normalized spacial score (nSPS) is 25.6. The van der Waals surface area contributed by atoms with Crippen LogP contribution < -0.4 is 0 Å². The van der Waals surface area contributed by atoms with E-state index in [2.05, 4.69) is 0 Å². The second kappa shape index (κ2) is 7.38. The van der Waals surface area contributed by atoms with Gasteiger partial charge in [0.15, 0.2) is 17.2 Å². The Kier molecular flexibility index (Phi) is 5.39. The molecule has 3 rings (SSSR count). The van der Waals surface area contributed by atoms with Crippen LogP contribution >= 0.6 is 0 Å². The Labute approximate surface area is 147 Å². The Hall–Kier alpha value is -1.53. The van der Waals surface area contributed by atoms with Crippen molar-refractivity contribution in [2.45, 2.75) is 51.3 Å². The molecule has 0 radical (unpaired) electrons. The number of carbonyl (C=O) groups is 1. The molecule has 2 heterocycles. The van der Waals surface area contributed by atoms with E-state index in [1.165, 1.54) is 6.07 Å². The van der Waals surface area contributed by atoms with Crippen molar-refractivity contribution in [3.63, 3.8) is 0 Å². The molecule has 0 N–H and O–H groups in total. The molecule has 2 saturated heterocycles. The first kappa shape index (κ1) is 18.3. The van der Waals surface area contributed by atoms with Crippen molar-refractivity contribution in [3.05, 3.63) is 35.4 Å². The Morgan fingerprint density at radius 1 is 1.24 bits per heavy atom. The number of morpholine rings is 1. The lowest BCUT2D eigenvalue weighted by molar-refractivity contribution is -0.172. The molecule has 1 atom stereocenters. The Bertz CT molecular complexity index is 638. The van der Waals surface area contributed by atoms with E-state index in [4.69, 9.17) is 4.74 Å². The van der Waals surface area contributed by atoms with Crippen molar-refractivity contribution in [3.8, 4) is 0 Å². The van der Waals surface area contributed by atoms with Crippen molar-refractivity contribution in [1.29, 1.82) is 0 Å². The average molecular weight is 352 g/mol. The van der Waals surface area contributed by atoms with Gasteiger partial charge in [-0.1, -0.05) is 12.1 Å². The van der Waals surface area contributed by atoms with Crippen LogP contribution in [0, 0.1) is 11.6 Å². The summed E-state index contributed by atoms with van der Waals surface area (Å²) in [6.45, 7) is 6.51. The molecule has 1 aromatic carbocycles. The number of carbonyl (C=O) groups excluding carboxylic acids is 1. The number of halogens is 2. The van der Waals surface area contributed by atoms with Crippen LogP contribution in [0.3, 0.4) is 0 Å². The van der Waals surface area contributed by atoms with Crippen LogP contribution in [0.4, 0.5) is 8.78 Å². The molecule has 25 heavy (non-hydrogen) atoms. The third-order valence-electron chi connectivity index (χ3n) is 5.19. The van der Waals surface area contributed by atoms with Crippen LogP contribution in [0.1, 0.15) is 38.7 Å². The van der Waals surface area contributed by atoms with E-state index in [0.717, 1.165) is 25.5 Å². The van der Waals surface area contributed by atoms with Gasteiger partial charge in [0.05, 0.1) is 6.61 Å². The predicted molar refractivity (Wildman–Crippen MR) is 91.0 cm³/mol. The standard InChI is InChI=1S/C19H26F2N2O2/c1-14(2)23-9-4-3-8-19(18(23)24)13-22(10-11-25-19)12-15-6-5-7-16(20)17(15)21/h5-7,14H,3-4,8-13H2,1-2H3. The lowest BCUT2D eigenvalue weighted by Gasteiger charge is -2.43. The molecule has 1 aromatic rings. The van der Waals surface area contributed by atoms with Gasteiger partial charge in [0.25, 0.3) is 5.91 Å². The minimum atomic E-state index is -0.858. The second-order valence-electron chi connectivity index (χ2n) is 7.32. The molecule has 0 saturated carbocycles. The van der Waals surface area contributed by atoms with Crippen molar-refractivity contribution in [2.75, 3.05) is 26.2 Å². The van der Waals surface area contributed by atoms with Crippen LogP contribution in [0.25, 0.3) is 0 Å². The van der Waals surface area contributed by atoms with E-state index >= 15 is 0 Å². The highest BCUT2D eigenvalue weighted by Crippen LogP contribution is 2.31. The highest BCUT2D eigenvalue weighted by molar-refractivity contribution is 5.86. The molecule has 0 aromatic heterocycles. The van der Waals surface area contributed by atoms with Crippen LogP contribution in [-0.2, 0) is 16.1 Å². The number of likely N-dealkylation sites (tertiary alicyclic amines) is 1. The van der Waals surface area contributed by atoms with Gasteiger partial charge in [-0.3, -0.25) is 9.69 Å². The highest BCUT2D eigenvalue weighted by Gasteiger charge is 2.47. The molecule has 1 spiro atoms. The maximum atomic E-state index is 14.0. The maximum absolute atomic E-state index is 14.0. The lowest BCUT2D eigenvalue weighted by Crippen LogP contribution is -2.60. The molecule has 2 aliphatic rings. The summed E-state index contributed by atoms with van der Waals surface area (Å²) in [6, 6.07) is 4.36. The number of ether oxygens (including phenoxy) is 1. The summed E-state index contributed by atoms with van der Waals surface area (Å²) >= 11 is 0. The zero-order valence-electron chi connectivity index (χ0n) is 14.9. The fourth-order valence-corrected chi connectivity index (χ4v) is 3.84. The van der Waals surface area contributed by atoms with Gasteiger partial charge in [-0.2, -0.15) is 0 Å². The number of hydrogen-bond acceptors (Lipinski definition) is 3. The molecule has 2 fully saturated rings. The van der Waals surface area contributed by atoms with E-state index in [9.17, 15) is 13.6 Å². The van der Waals surface area contributed by atoms with Crippen molar-refractivity contribution in [1.82, 2.24) is 9.80 Å². The van der Waals surface area contributed by atoms with Crippen molar-refractivity contribution < 1.29 is 18.3 Å². The number of nitrogens with zero attached hydrogens (tertiary/aromatic N) is 2. The first-order valence-corrected chi connectivity index (χ1v) is 9.03. The van der Waals surface area contributed by atoms with Crippen molar-refractivity contribution >= 4 is 5.91 Å². The number of benzene rings is 1. The average Bonchev–Trinajstić information content (AvgIpc) is 2.72. The number of hydrogen-bond donors (Lipinski definition) is 0. The third-order valence-corrected chi connectivity index (χ3v) is 5.19. The van der Waals surface area contributed by atoms with E-state index in [1.54, 1.807) is 6.07 Å². The largest absolute Gasteiger partial charge is 0.362 e. The van der Waals surface area contributed by atoms with Crippen molar-refractivity contribution in [2.24, 2.45) is 0 Å². The molecular formula is C19H26F2N2O2. The van der Waals surface area contributed by atoms with E-state index in [1.807, 2.05) is 23.6 Å². The zero-order chi connectivity index (χ0) is 18.0. The van der Waals surface area contributed by atoms with Crippen LogP contribution in [-0.4, -0.2) is 53.6 Å². The van der Waals surface area contributed by atoms with Gasteiger partial charge in [-0.05, 0) is 39.2 Å². The summed E-state index contributed by atoms with van der Waals surface area (Å²) in [5.41, 5.74) is -0.540. The summed E-state index contributed by atoms with van der Waals surface area (Å²) in [6.07, 6.45) is 2.57. The quantitative estimate of drug-likeness (QED) is 0.838. The first-order chi connectivity index (χ1) is 11.9. The van der Waals surface area contributed by atoms with E-state index in [-0.39, 0.29) is 18.5 Å². The molecule has 138 valence electrons. The van der Waals surface area contributed by atoms with Crippen LogP contribution in [0.15, 0.2) is 18.2 Å². The number of rotatable bonds is 3. The molecule has 1 unspecified atom stereocenters. The minimum Gasteiger partial charge on any atom is -0.362 e. The monoisotopic (exact) mass is 352 g/mol. The first-order valence-electron chi connectivity index (χ1n) is 9.03. The predicted octanol–water partition coefficient (Wildman–Crippen LogP) is 2.96. The summed E-state index contributed by atoms with van der Waals surface area (Å²) in [5.74, 6) is -1.61. The summed E-state index contributed by atoms with van der Waals surface area (Å²) in [4.78, 5) is 17.0. The molecule has 6 heteroatoms. The van der Waals surface area contributed by atoms with Gasteiger partial charge in [0.2, 0.25) is 0 Å². The topological polar surface area (TPSA) is 32.8 Å². The Morgan fingerprint density at radius 3 is 2.80 bits per heavy atom. The third kappa shape index (κ3) is 3.70. The van der Waals surface area contributed by atoms with Gasteiger partial charge in [-0.25, -0.2) is 8.78 Å². The second-order valence-corrected chi connectivity index (χ2v) is 7.32. The number of amides is 1. The summed E-state index contributed by atoms with van der Waals surface area (Å²) < 4.78 is 33.5. The van der Waals surface area contributed by atoms with Gasteiger partial charge < -0.3 is 9.64 Å². The fraction of sp³-hybridized carbons (Fsp3) is 0.632. The minimum absolute atomic E-state index is 0.0319. The summed E-state index contributed by atoms with van der Waals surface area (Å²) in [5, 5.41) is 0. The van der Waals surface area contributed by atoms with Gasteiger partial charge in [0, 0.05) is 37.8 Å².